The number of aromatic nitrogens is 6. The Kier molecular flexibility index (Phi) is 3.87. The van der Waals surface area contributed by atoms with Crippen LogP contribution in [0.25, 0.3) is 0 Å². The molecule has 0 saturated heterocycles. The number of hydrogen-bond donors (Lipinski definition) is 1. The average Bonchev–Trinajstić information content (AvgIpc) is 2.94. The molecule has 0 unspecified atom stereocenters. The molecule has 2 aromatic heterocycles. The van der Waals surface area contributed by atoms with E-state index in [0.717, 1.165) is 0 Å². The highest BCUT2D eigenvalue weighted by molar-refractivity contribution is 7.98. The Labute approximate surface area is 106 Å². The van der Waals surface area contributed by atoms with Crippen LogP contribution in [0.15, 0.2) is 9.57 Å². The van der Waals surface area contributed by atoms with Gasteiger partial charge in [0, 0.05) is 6.42 Å². The Balaban J connectivity index is 1.97. The van der Waals surface area contributed by atoms with Crippen molar-refractivity contribution in [2.24, 2.45) is 0 Å². The highest BCUT2D eigenvalue weighted by atomic mass is 32.2. The lowest BCUT2D eigenvalue weighted by Gasteiger charge is -1.98. The number of thioether (sulfide) groups is 1. The summed E-state index contributed by atoms with van der Waals surface area (Å²) in [5.41, 5.74) is 0. The third-order valence-electron chi connectivity index (χ3n) is 1.92. The number of hydrogen-bond acceptors (Lipinski definition) is 8. The molecule has 0 radical (unpaired) electrons. The maximum Gasteiger partial charge on any atom is 0.325 e. The van der Waals surface area contributed by atoms with Gasteiger partial charge in [-0.25, -0.2) is 4.68 Å². The zero-order valence-corrected chi connectivity index (χ0v) is 10.3. The molecule has 0 spiro atoms. The summed E-state index contributed by atoms with van der Waals surface area (Å²) in [6.07, 6.45) is 0.675. The molecule has 18 heavy (non-hydrogen) atoms. The number of carboxylic acid groups (broad SMARTS) is 1. The molecule has 1 N–H and O–H groups in total. The van der Waals surface area contributed by atoms with Crippen LogP contribution in [0.3, 0.4) is 0 Å². The Morgan fingerprint density at radius 2 is 2.17 bits per heavy atom. The minimum absolute atomic E-state index is 0.278. The zero-order chi connectivity index (χ0) is 13.0. The van der Waals surface area contributed by atoms with Gasteiger partial charge in [-0.1, -0.05) is 18.7 Å². The fraction of sp³-hybridized carbons (Fsp3) is 0.500. The molecule has 0 aromatic carbocycles. The minimum atomic E-state index is -1.00. The summed E-state index contributed by atoms with van der Waals surface area (Å²) in [7, 11) is 0. The molecule has 0 fully saturated rings. The van der Waals surface area contributed by atoms with Crippen LogP contribution in [0.4, 0.5) is 0 Å². The third kappa shape index (κ3) is 3.03. The van der Waals surface area contributed by atoms with E-state index >= 15 is 0 Å². The van der Waals surface area contributed by atoms with Crippen molar-refractivity contribution in [3.05, 3.63) is 11.8 Å². The Hall–Kier alpha value is -1.97. The largest absolute Gasteiger partial charge is 0.480 e. The number of carboxylic acids is 1. The fourth-order valence-electron chi connectivity index (χ4n) is 1.14. The van der Waals surface area contributed by atoms with Gasteiger partial charge in [0.25, 0.3) is 0 Å². The smallest absolute Gasteiger partial charge is 0.325 e. The van der Waals surface area contributed by atoms with E-state index in [1.807, 2.05) is 6.92 Å². The van der Waals surface area contributed by atoms with Gasteiger partial charge in [0.1, 0.15) is 6.54 Å². The van der Waals surface area contributed by atoms with E-state index < -0.39 is 5.97 Å². The van der Waals surface area contributed by atoms with Crippen molar-refractivity contribution in [2.45, 2.75) is 30.8 Å². The minimum Gasteiger partial charge on any atom is -0.480 e. The second kappa shape index (κ2) is 5.58. The lowest BCUT2D eigenvalue weighted by molar-refractivity contribution is -0.138. The summed E-state index contributed by atoms with van der Waals surface area (Å²) >= 11 is 1.24. The van der Waals surface area contributed by atoms with Crippen LogP contribution in [0.2, 0.25) is 0 Å². The number of carbonyl (C=O) groups is 1. The molecular formula is C8H10N6O3S. The molecule has 0 aliphatic heterocycles. The Morgan fingerprint density at radius 3 is 2.83 bits per heavy atom. The van der Waals surface area contributed by atoms with Gasteiger partial charge < -0.3 is 9.52 Å². The summed E-state index contributed by atoms with van der Waals surface area (Å²) in [6.45, 7) is 1.64. The van der Waals surface area contributed by atoms with E-state index in [1.165, 1.54) is 16.4 Å². The first-order valence-electron chi connectivity index (χ1n) is 5.11. The second-order valence-electron chi connectivity index (χ2n) is 3.24. The molecule has 10 heteroatoms. The van der Waals surface area contributed by atoms with Crippen molar-refractivity contribution in [1.29, 1.82) is 0 Å². The first-order valence-corrected chi connectivity index (χ1v) is 6.09. The monoisotopic (exact) mass is 270 g/mol. The first kappa shape index (κ1) is 12.5. The maximum absolute atomic E-state index is 10.6. The van der Waals surface area contributed by atoms with Gasteiger partial charge in [0.15, 0.2) is 0 Å². The van der Waals surface area contributed by atoms with Crippen LogP contribution >= 0.6 is 11.8 Å². The molecule has 0 aliphatic carbocycles. The van der Waals surface area contributed by atoms with E-state index in [2.05, 4.69) is 25.7 Å². The molecule has 0 bridgehead atoms. The van der Waals surface area contributed by atoms with Crippen LogP contribution in [-0.2, 0) is 23.5 Å². The standard InChI is InChI=1S/C8H10N6O3S/c1-2-5-9-10-6(17-5)4-18-8-11-12-13-14(8)3-7(15)16/h2-4H2,1H3,(H,15,16). The number of nitrogens with zero attached hydrogens (tertiary/aromatic N) is 6. The van der Waals surface area contributed by atoms with E-state index in [9.17, 15) is 4.79 Å². The molecule has 0 atom stereocenters. The third-order valence-corrected chi connectivity index (χ3v) is 2.86. The van der Waals surface area contributed by atoms with Gasteiger partial charge in [-0.3, -0.25) is 4.79 Å². The highest BCUT2D eigenvalue weighted by Gasteiger charge is 2.12. The van der Waals surface area contributed by atoms with Gasteiger partial charge >= 0.3 is 5.97 Å². The van der Waals surface area contributed by atoms with Crippen LogP contribution in [0.1, 0.15) is 18.7 Å². The molecule has 2 rings (SSSR count). The van der Waals surface area contributed by atoms with E-state index in [-0.39, 0.29) is 6.54 Å². The zero-order valence-electron chi connectivity index (χ0n) is 9.48. The maximum atomic E-state index is 10.6. The lowest BCUT2D eigenvalue weighted by Crippen LogP contribution is -2.11. The predicted molar refractivity (Wildman–Crippen MR) is 58.7 cm³/mol. The topological polar surface area (TPSA) is 120 Å². The van der Waals surface area contributed by atoms with Crippen molar-refractivity contribution >= 4 is 17.7 Å². The molecule has 0 amide bonds. The summed E-state index contributed by atoms with van der Waals surface area (Å²) in [4.78, 5) is 10.6. The number of tetrazole rings is 1. The van der Waals surface area contributed by atoms with Gasteiger partial charge in [-0.2, -0.15) is 0 Å². The summed E-state index contributed by atoms with van der Waals surface area (Å²) in [5.74, 6) is 0.417. The molecule has 96 valence electrons. The van der Waals surface area contributed by atoms with Crippen molar-refractivity contribution in [3.63, 3.8) is 0 Å². The normalized spacial score (nSPS) is 10.7. The Bertz CT molecular complexity index is 538. The average molecular weight is 270 g/mol. The van der Waals surface area contributed by atoms with Crippen LogP contribution in [-0.4, -0.2) is 41.5 Å². The van der Waals surface area contributed by atoms with Crippen molar-refractivity contribution in [3.8, 4) is 0 Å². The van der Waals surface area contributed by atoms with Crippen LogP contribution in [0, 0.1) is 0 Å². The van der Waals surface area contributed by atoms with Crippen LogP contribution in [0.5, 0.6) is 0 Å². The van der Waals surface area contributed by atoms with Crippen molar-refractivity contribution in [2.75, 3.05) is 0 Å². The molecular weight excluding hydrogens is 260 g/mol. The summed E-state index contributed by atoms with van der Waals surface area (Å²) in [6, 6.07) is 0. The van der Waals surface area contributed by atoms with Gasteiger partial charge in [-0.05, 0) is 10.4 Å². The number of rotatable bonds is 6. The second-order valence-corrected chi connectivity index (χ2v) is 4.19. The Morgan fingerprint density at radius 1 is 1.39 bits per heavy atom. The van der Waals surface area contributed by atoms with Gasteiger partial charge in [0.2, 0.25) is 16.9 Å². The molecule has 2 heterocycles. The van der Waals surface area contributed by atoms with Crippen LogP contribution < -0.4 is 0 Å². The highest BCUT2D eigenvalue weighted by Crippen LogP contribution is 2.19. The van der Waals surface area contributed by atoms with Gasteiger partial charge in [-0.15, -0.1) is 15.3 Å². The fourth-order valence-corrected chi connectivity index (χ4v) is 1.86. The molecule has 2 aromatic rings. The summed E-state index contributed by atoms with van der Waals surface area (Å²) < 4.78 is 6.51. The first-order chi connectivity index (χ1) is 8.69. The van der Waals surface area contributed by atoms with E-state index in [4.69, 9.17) is 9.52 Å². The predicted octanol–water partition coefficient (Wildman–Crippen LogP) is -0.00460. The van der Waals surface area contributed by atoms with E-state index in [0.29, 0.717) is 29.1 Å². The summed E-state index contributed by atoms with van der Waals surface area (Å²) in [5, 5.41) is 27.5. The lowest BCUT2D eigenvalue weighted by atomic mass is 10.5. The number of aryl methyl sites for hydroxylation is 1. The van der Waals surface area contributed by atoms with Gasteiger partial charge in [0.05, 0.1) is 5.75 Å². The molecule has 9 nitrogen and oxygen atoms in total. The quantitative estimate of drug-likeness (QED) is 0.722. The van der Waals surface area contributed by atoms with E-state index in [1.54, 1.807) is 0 Å². The van der Waals surface area contributed by atoms with Crippen molar-refractivity contribution < 1.29 is 14.3 Å². The number of aliphatic carboxylic acids is 1. The molecule has 0 saturated carbocycles. The SMILES string of the molecule is CCc1nnc(CSc2nnnn2CC(=O)O)o1. The molecule has 0 aliphatic rings. The van der Waals surface area contributed by atoms with Crippen molar-refractivity contribution in [1.82, 2.24) is 30.4 Å².